The Bertz CT molecular complexity index is 600. The van der Waals surface area contributed by atoms with Crippen LogP contribution in [0.2, 0.25) is 0 Å². The molecule has 0 bridgehead atoms. The first-order chi connectivity index (χ1) is 9.38. The average Bonchev–Trinajstić information content (AvgIpc) is 2.76. The van der Waals surface area contributed by atoms with Crippen LogP contribution < -0.4 is 5.73 Å². The lowest BCUT2D eigenvalue weighted by atomic mass is 10.1. The second-order valence-electron chi connectivity index (χ2n) is 5.97. The van der Waals surface area contributed by atoms with Crippen molar-refractivity contribution in [1.82, 2.24) is 9.78 Å². The molecular formula is C16H23N3O. The second-order valence-corrected chi connectivity index (χ2v) is 5.97. The minimum absolute atomic E-state index is 0.107. The number of anilines is 1. The highest BCUT2D eigenvalue weighted by Gasteiger charge is 2.14. The molecule has 4 heteroatoms. The van der Waals surface area contributed by atoms with E-state index in [9.17, 15) is 5.11 Å². The topological polar surface area (TPSA) is 64.1 Å². The minimum Gasteiger partial charge on any atom is -0.506 e. The van der Waals surface area contributed by atoms with Gasteiger partial charge in [-0.2, -0.15) is 5.10 Å². The van der Waals surface area contributed by atoms with E-state index in [4.69, 9.17) is 5.73 Å². The molecule has 0 fully saturated rings. The third-order valence-electron chi connectivity index (χ3n) is 3.27. The summed E-state index contributed by atoms with van der Waals surface area (Å²) in [6.45, 7) is 8.66. The molecule has 0 spiro atoms. The molecule has 1 aromatic heterocycles. The number of aromatic nitrogens is 2. The van der Waals surface area contributed by atoms with Gasteiger partial charge in [-0.25, -0.2) is 4.68 Å². The second kappa shape index (κ2) is 5.57. The van der Waals surface area contributed by atoms with Crippen LogP contribution in [0.15, 0.2) is 24.3 Å². The number of benzene rings is 1. The van der Waals surface area contributed by atoms with Gasteiger partial charge >= 0.3 is 0 Å². The summed E-state index contributed by atoms with van der Waals surface area (Å²) >= 11 is 0. The first-order valence-electron chi connectivity index (χ1n) is 7.06. The van der Waals surface area contributed by atoms with Crippen molar-refractivity contribution >= 4 is 5.69 Å². The van der Waals surface area contributed by atoms with E-state index in [2.05, 4.69) is 38.9 Å². The zero-order valence-corrected chi connectivity index (χ0v) is 12.6. The number of aromatic hydroxyl groups is 1. The van der Waals surface area contributed by atoms with Crippen molar-refractivity contribution < 1.29 is 5.11 Å². The first kappa shape index (κ1) is 14.4. The van der Waals surface area contributed by atoms with Crippen LogP contribution in [0, 0.1) is 5.92 Å². The molecule has 0 aliphatic heterocycles. The summed E-state index contributed by atoms with van der Waals surface area (Å²) in [4.78, 5) is 0. The van der Waals surface area contributed by atoms with Gasteiger partial charge in [0.1, 0.15) is 5.75 Å². The Morgan fingerprint density at radius 2 is 1.90 bits per heavy atom. The van der Waals surface area contributed by atoms with Gasteiger partial charge < -0.3 is 10.8 Å². The van der Waals surface area contributed by atoms with Gasteiger partial charge in [0.15, 0.2) is 0 Å². The van der Waals surface area contributed by atoms with Gasteiger partial charge in [0.25, 0.3) is 0 Å². The van der Waals surface area contributed by atoms with Crippen LogP contribution in [0.4, 0.5) is 5.69 Å². The quantitative estimate of drug-likeness (QED) is 0.662. The molecule has 2 aromatic rings. The standard InChI is InChI=1S/C16H23N3O/c1-10(2)7-13-9-15(11(3)4)18-19(13)12-5-6-16(20)14(17)8-12/h5-6,8-11,20H,7,17H2,1-4H3. The Kier molecular flexibility index (Phi) is 4.02. The van der Waals surface area contributed by atoms with E-state index in [1.54, 1.807) is 12.1 Å². The Balaban J connectivity index is 2.49. The zero-order valence-electron chi connectivity index (χ0n) is 12.6. The maximum absolute atomic E-state index is 9.54. The summed E-state index contributed by atoms with van der Waals surface area (Å²) in [5.74, 6) is 1.05. The maximum Gasteiger partial charge on any atom is 0.138 e. The van der Waals surface area contributed by atoms with Gasteiger partial charge in [-0.05, 0) is 42.5 Å². The Labute approximate surface area is 120 Å². The van der Waals surface area contributed by atoms with Gasteiger partial charge in [0, 0.05) is 5.69 Å². The van der Waals surface area contributed by atoms with Crippen molar-refractivity contribution in [3.63, 3.8) is 0 Å². The predicted molar refractivity (Wildman–Crippen MR) is 82.3 cm³/mol. The van der Waals surface area contributed by atoms with Crippen molar-refractivity contribution in [3.05, 3.63) is 35.7 Å². The summed E-state index contributed by atoms with van der Waals surface area (Å²) in [5, 5.41) is 14.2. The molecule has 0 atom stereocenters. The zero-order chi connectivity index (χ0) is 14.9. The molecule has 0 unspecified atom stereocenters. The van der Waals surface area contributed by atoms with Crippen LogP contribution in [0.25, 0.3) is 5.69 Å². The van der Waals surface area contributed by atoms with Crippen LogP contribution in [0.3, 0.4) is 0 Å². The molecule has 20 heavy (non-hydrogen) atoms. The summed E-state index contributed by atoms with van der Waals surface area (Å²) < 4.78 is 1.94. The fraction of sp³-hybridized carbons (Fsp3) is 0.438. The Hall–Kier alpha value is -1.97. The van der Waals surface area contributed by atoms with E-state index in [-0.39, 0.29) is 5.75 Å². The molecule has 3 N–H and O–H groups in total. The number of hydrogen-bond acceptors (Lipinski definition) is 3. The van der Waals surface area contributed by atoms with Crippen LogP contribution in [0.5, 0.6) is 5.75 Å². The van der Waals surface area contributed by atoms with Gasteiger partial charge in [-0.3, -0.25) is 0 Å². The normalized spacial score (nSPS) is 11.5. The molecule has 4 nitrogen and oxygen atoms in total. The minimum atomic E-state index is 0.107. The molecule has 1 aromatic carbocycles. The van der Waals surface area contributed by atoms with Gasteiger partial charge in [-0.1, -0.05) is 27.7 Å². The fourth-order valence-electron chi connectivity index (χ4n) is 2.18. The highest BCUT2D eigenvalue weighted by molar-refractivity contribution is 5.57. The number of phenolic OH excluding ortho intramolecular Hbond substituents is 1. The molecule has 0 saturated carbocycles. The van der Waals surface area contributed by atoms with Crippen LogP contribution in [-0.2, 0) is 6.42 Å². The number of nitrogens with zero attached hydrogens (tertiary/aromatic N) is 2. The third kappa shape index (κ3) is 2.95. The highest BCUT2D eigenvalue weighted by Crippen LogP contribution is 2.25. The summed E-state index contributed by atoms with van der Waals surface area (Å²) in [7, 11) is 0. The van der Waals surface area contributed by atoms with Crippen molar-refractivity contribution in [2.75, 3.05) is 5.73 Å². The third-order valence-corrected chi connectivity index (χ3v) is 3.27. The first-order valence-corrected chi connectivity index (χ1v) is 7.06. The number of nitrogens with two attached hydrogens (primary N) is 1. The van der Waals surface area contributed by atoms with Crippen molar-refractivity contribution in [3.8, 4) is 11.4 Å². The molecule has 0 aliphatic rings. The fourth-order valence-corrected chi connectivity index (χ4v) is 2.18. The van der Waals surface area contributed by atoms with Crippen LogP contribution in [0.1, 0.15) is 45.0 Å². The summed E-state index contributed by atoms with van der Waals surface area (Å²) in [5.41, 5.74) is 9.30. The number of hydrogen-bond donors (Lipinski definition) is 2. The van der Waals surface area contributed by atoms with Gasteiger partial charge in [0.05, 0.1) is 17.1 Å². The van der Waals surface area contributed by atoms with Crippen LogP contribution in [-0.4, -0.2) is 14.9 Å². The lowest BCUT2D eigenvalue weighted by Crippen LogP contribution is -2.06. The van der Waals surface area contributed by atoms with E-state index in [0.29, 0.717) is 17.5 Å². The summed E-state index contributed by atoms with van der Waals surface area (Å²) in [6, 6.07) is 7.37. The SMILES string of the molecule is CC(C)Cc1cc(C(C)C)nn1-c1ccc(O)c(N)c1. The maximum atomic E-state index is 9.54. The van der Waals surface area contributed by atoms with Crippen molar-refractivity contribution in [2.24, 2.45) is 5.92 Å². The average molecular weight is 273 g/mol. The van der Waals surface area contributed by atoms with E-state index >= 15 is 0 Å². The molecular weight excluding hydrogens is 250 g/mol. The van der Waals surface area contributed by atoms with Gasteiger partial charge in [0.2, 0.25) is 0 Å². The molecule has 0 aliphatic carbocycles. The largest absolute Gasteiger partial charge is 0.506 e. The Morgan fingerprint density at radius 3 is 2.45 bits per heavy atom. The van der Waals surface area contributed by atoms with Crippen molar-refractivity contribution in [1.29, 1.82) is 0 Å². The summed E-state index contributed by atoms with van der Waals surface area (Å²) in [6.07, 6.45) is 0.959. The monoisotopic (exact) mass is 273 g/mol. The van der Waals surface area contributed by atoms with E-state index in [1.165, 1.54) is 5.69 Å². The van der Waals surface area contributed by atoms with Crippen LogP contribution >= 0.6 is 0 Å². The molecule has 0 radical (unpaired) electrons. The number of nitrogen functional groups attached to an aromatic ring is 1. The molecule has 108 valence electrons. The highest BCUT2D eigenvalue weighted by atomic mass is 16.3. The van der Waals surface area contributed by atoms with E-state index in [1.807, 2.05) is 10.7 Å². The molecule has 2 rings (SSSR count). The lowest BCUT2D eigenvalue weighted by molar-refractivity contribution is 0.478. The van der Waals surface area contributed by atoms with E-state index < -0.39 is 0 Å². The molecule has 0 amide bonds. The lowest BCUT2D eigenvalue weighted by Gasteiger charge is -2.10. The smallest absolute Gasteiger partial charge is 0.138 e. The van der Waals surface area contributed by atoms with E-state index in [0.717, 1.165) is 17.8 Å². The number of rotatable bonds is 4. The van der Waals surface area contributed by atoms with Crippen molar-refractivity contribution in [2.45, 2.75) is 40.0 Å². The Morgan fingerprint density at radius 1 is 1.20 bits per heavy atom. The molecule has 1 heterocycles. The van der Waals surface area contributed by atoms with Gasteiger partial charge in [-0.15, -0.1) is 0 Å². The number of phenols is 1. The molecule has 0 saturated heterocycles. The predicted octanol–water partition coefficient (Wildman–Crippen LogP) is 3.48.